The van der Waals surface area contributed by atoms with Gasteiger partial charge >= 0.3 is 0 Å². The molecule has 1 heterocycles. The van der Waals surface area contributed by atoms with Gasteiger partial charge in [-0.15, -0.1) is 0 Å². The van der Waals surface area contributed by atoms with Crippen LogP contribution in [0.3, 0.4) is 0 Å². The smallest absolute Gasteiger partial charge is 0.133 e. The van der Waals surface area contributed by atoms with Crippen LogP contribution in [0.4, 0.5) is 0 Å². The Labute approximate surface area is 110 Å². The zero-order chi connectivity index (χ0) is 13.1. The van der Waals surface area contributed by atoms with Crippen LogP contribution in [0.2, 0.25) is 0 Å². The highest BCUT2D eigenvalue weighted by atomic mass is 16.1. The van der Waals surface area contributed by atoms with Crippen molar-refractivity contribution in [1.82, 2.24) is 4.90 Å². The zero-order valence-corrected chi connectivity index (χ0v) is 11.7. The molecule has 0 amide bonds. The van der Waals surface area contributed by atoms with Gasteiger partial charge in [0.25, 0.3) is 0 Å². The molecule has 0 radical (unpaired) electrons. The molecule has 0 spiro atoms. The van der Waals surface area contributed by atoms with Gasteiger partial charge in [-0.05, 0) is 52.3 Å². The van der Waals surface area contributed by atoms with E-state index in [1.165, 1.54) is 16.7 Å². The fourth-order valence-corrected chi connectivity index (χ4v) is 2.92. The number of aryl methyl sites for hydroxylation is 2. The molecular formula is C16H23NO. The molecule has 1 aromatic rings. The van der Waals surface area contributed by atoms with Crippen molar-refractivity contribution in [2.45, 2.75) is 40.2 Å². The number of carbonyl (C=O) groups excluding carboxylic acids is 1. The lowest BCUT2D eigenvalue weighted by molar-refractivity contribution is -0.122. The molecule has 1 aliphatic heterocycles. The molecule has 0 saturated carbocycles. The molecule has 1 aromatic carbocycles. The van der Waals surface area contributed by atoms with Crippen LogP contribution < -0.4 is 0 Å². The van der Waals surface area contributed by atoms with E-state index in [0.717, 1.165) is 32.5 Å². The highest BCUT2D eigenvalue weighted by Crippen LogP contribution is 2.20. The summed E-state index contributed by atoms with van der Waals surface area (Å²) in [5, 5.41) is 0. The third-order valence-electron chi connectivity index (χ3n) is 3.85. The lowest BCUT2D eigenvalue weighted by atomic mass is 9.93. The summed E-state index contributed by atoms with van der Waals surface area (Å²) in [6.07, 6.45) is 2.06. The molecule has 0 unspecified atom stereocenters. The van der Waals surface area contributed by atoms with E-state index in [1.54, 1.807) is 6.92 Å². The van der Waals surface area contributed by atoms with E-state index in [1.807, 2.05) is 0 Å². The topological polar surface area (TPSA) is 20.3 Å². The van der Waals surface area contributed by atoms with Gasteiger partial charge in [0.2, 0.25) is 0 Å². The van der Waals surface area contributed by atoms with Crippen molar-refractivity contribution >= 4 is 5.78 Å². The van der Waals surface area contributed by atoms with Crippen molar-refractivity contribution in [1.29, 1.82) is 0 Å². The van der Waals surface area contributed by atoms with Crippen molar-refractivity contribution in [2.24, 2.45) is 5.92 Å². The first-order chi connectivity index (χ1) is 8.54. The molecule has 0 aromatic heterocycles. The van der Waals surface area contributed by atoms with Crippen molar-refractivity contribution in [3.8, 4) is 0 Å². The van der Waals surface area contributed by atoms with Gasteiger partial charge in [-0.3, -0.25) is 9.69 Å². The number of hydrogen-bond donors (Lipinski definition) is 0. The highest BCUT2D eigenvalue weighted by molar-refractivity contribution is 5.78. The van der Waals surface area contributed by atoms with E-state index < -0.39 is 0 Å². The fraction of sp³-hybridized carbons (Fsp3) is 0.562. The summed E-state index contributed by atoms with van der Waals surface area (Å²) >= 11 is 0. The SMILES string of the molecule is CC(=O)C1CCN(Cc2cc(C)cc(C)c2)CC1. The quantitative estimate of drug-likeness (QED) is 0.815. The first-order valence-electron chi connectivity index (χ1n) is 6.84. The number of benzene rings is 1. The molecule has 18 heavy (non-hydrogen) atoms. The Morgan fingerprint density at radius 3 is 2.22 bits per heavy atom. The Morgan fingerprint density at radius 2 is 1.72 bits per heavy atom. The second kappa shape index (κ2) is 5.66. The van der Waals surface area contributed by atoms with E-state index in [2.05, 4.69) is 36.9 Å². The molecule has 0 bridgehead atoms. The van der Waals surface area contributed by atoms with Gasteiger partial charge in [0.05, 0.1) is 0 Å². The fourth-order valence-electron chi connectivity index (χ4n) is 2.92. The third kappa shape index (κ3) is 3.42. The zero-order valence-electron chi connectivity index (χ0n) is 11.7. The molecule has 1 aliphatic rings. The van der Waals surface area contributed by atoms with Gasteiger partial charge in [-0.2, -0.15) is 0 Å². The van der Waals surface area contributed by atoms with Crippen LogP contribution in [-0.4, -0.2) is 23.8 Å². The van der Waals surface area contributed by atoms with Gasteiger partial charge in [-0.1, -0.05) is 29.3 Å². The van der Waals surface area contributed by atoms with Crippen LogP contribution in [0.5, 0.6) is 0 Å². The van der Waals surface area contributed by atoms with Gasteiger partial charge in [0.1, 0.15) is 5.78 Å². The van der Waals surface area contributed by atoms with Crippen LogP contribution in [0.15, 0.2) is 18.2 Å². The summed E-state index contributed by atoms with van der Waals surface area (Å²) in [6, 6.07) is 6.75. The van der Waals surface area contributed by atoms with Gasteiger partial charge in [0, 0.05) is 12.5 Å². The van der Waals surface area contributed by atoms with Crippen LogP contribution in [0.25, 0.3) is 0 Å². The number of carbonyl (C=O) groups is 1. The van der Waals surface area contributed by atoms with Crippen molar-refractivity contribution in [3.05, 3.63) is 34.9 Å². The lowest BCUT2D eigenvalue weighted by Gasteiger charge is -2.30. The average molecular weight is 245 g/mol. The van der Waals surface area contributed by atoms with Gasteiger partial charge in [-0.25, -0.2) is 0 Å². The monoisotopic (exact) mass is 245 g/mol. The maximum Gasteiger partial charge on any atom is 0.133 e. The number of hydrogen-bond acceptors (Lipinski definition) is 2. The normalized spacial score (nSPS) is 17.9. The molecule has 2 heteroatoms. The number of piperidine rings is 1. The molecule has 1 fully saturated rings. The number of Topliss-reactive ketones (excluding diaryl/α,β-unsaturated/α-hetero) is 1. The number of rotatable bonds is 3. The summed E-state index contributed by atoms with van der Waals surface area (Å²) in [7, 11) is 0. The third-order valence-corrected chi connectivity index (χ3v) is 3.85. The lowest BCUT2D eigenvalue weighted by Crippen LogP contribution is -2.35. The summed E-state index contributed by atoms with van der Waals surface area (Å²) in [4.78, 5) is 13.8. The maximum absolute atomic E-state index is 11.3. The van der Waals surface area contributed by atoms with Crippen LogP contribution in [0.1, 0.15) is 36.5 Å². The summed E-state index contributed by atoms with van der Waals surface area (Å²) in [5.41, 5.74) is 4.07. The Bertz CT molecular complexity index is 410. The van der Waals surface area contributed by atoms with Crippen molar-refractivity contribution in [2.75, 3.05) is 13.1 Å². The molecular weight excluding hydrogens is 222 g/mol. The second-order valence-corrected chi connectivity index (χ2v) is 5.66. The minimum absolute atomic E-state index is 0.306. The largest absolute Gasteiger partial charge is 0.300 e. The van der Waals surface area contributed by atoms with E-state index >= 15 is 0 Å². The Hall–Kier alpha value is -1.15. The van der Waals surface area contributed by atoms with Crippen molar-refractivity contribution < 1.29 is 4.79 Å². The predicted molar refractivity (Wildman–Crippen MR) is 74.6 cm³/mol. The predicted octanol–water partition coefficient (Wildman–Crippen LogP) is 3.10. The summed E-state index contributed by atoms with van der Waals surface area (Å²) < 4.78 is 0. The molecule has 2 nitrogen and oxygen atoms in total. The molecule has 0 N–H and O–H groups in total. The highest BCUT2D eigenvalue weighted by Gasteiger charge is 2.22. The first kappa shape index (κ1) is 13.3. The molecule has 2 rings (SSSR count). The van der Waals surface area contributed by atoms with Crippen LogP contribution in [-0.2, 0) is 11.3 Å². The van der Waals surface area contributed by atoms with Gasteiger partial charge < -0.3 is 0 Å². The van der Waals surface area contributed by atoms with Gasteiger partial charge in [0.15, 0.2) is 0 Å². The Balaban J connectivity index is 1.93. The first-order valence-corrected chi connectivity index (χ1v) is 6.84. The van der Waals surface area contributed by atoms with Crippen molar-refractivity contribution in [3.63, 3.8) is 0 Å². The van der Waals surface area contributed by atoms with E-state index in [4.69, 9.17) is 0 Å². The Kier molecular flexibility index (Phi) is 4.18. The van der Waals surface area contributed by atoms with E-state index in [0.29, 0.717) is 11.7 Å². The molecule has 98 valence electrons. The van der Waals surface area contributed by atoms with Crippen LogP contribution >= 0.6 is 0 Å². The summed E-state index contributed by atoms with van der Waals surface area (Å²) in [6.45, 7) is 9.16. The van der Waals surface area contributed by atoms with E-state index in [9.17, 15) is 4.79 Å². The van der Waals surface area contributed by atoms with Crippen LogP contribution in [0, 0.1) is 19.8 Å². The van der Waals surface area contributed by atoms with E-state index in [-0.39, 0.29) is 0 Å². The molecule has 0 atom stereocenters. The summed E-state index contributed by atoms with van der Waals surface area (Å²) in [5.74, 6) is 0.668. The second-order valence-electron chi connectivity index (χ2n) is 5.66. The number of likely N-dealkylation sites (tertiary alicyclic amines) is 1. The maximum atomic E-state index is 11.3. The molecule has 1 saturated heterocycles. The number of ketones is 1. The molecule has 0 aliphatic carbocycles. The number of nitrogens with zero attached hydrogens (tertiary/aromatic N) is 1. The average Bonchev–Trinajstić information content (AvgIpc) is 2.28. The Morgan fingerprint density at radius 1 is 1.17 bits per heavy atom. The minimum atomic E-state index is 0.306. The minimum Gasteiger partial charge on any atom is -0.300 e. The standard InChI is InChI=1S/C16H23NO/c1-12-8-13(2)10-15(9-12)11-17-6-4-16(5-7-17)14(3)18/h8-10,16H,4-7,11H2,1-3H3.